The molecule has 1 aromatic heterocycles. The number of nitrogens with one attached hydrogen (secondary N) is 1. The summed E-state index contributed by atoms with van der Waals surface area (Å²) in [7, 11) is 0. The highest BCUT2D eigenvalue weighted by Gasteiger charge is 2.36. The maximum atomic E-state index is 12.7. The molecule has 0 saturated carbocycles. The number of carbonyl (C=O) groups excluding carboxylic acids is 2. The Morgan fingerprint density at radius 2 is 1.96 bits per heavy atom. The summed E-state index contributed by atoms with van der Waals surface area (Å²) in [6, 6.07) is 17.0. The first kappa shape index (κ1) is 17.8. The van der Waals surface area contributed by atoms with Crippen LogP contribution in [0.15, 0.2) is 63.5 Å². The molecule has 1 fully saturated rings. The van der Waals surface area contributed by atoms with E-state index in [9.17, 15) is 9.59 Å². The predicted octanol–water partition coefficient (Wildman–Crippen LogP) is 4.43. The molecule has 6 heteroatoms. The van der Waals surface area contributed by atoms with Gasteiger partial charge in [-0.05, 0) is 47.1 Å². The summed E-state index contributed by atoms with van der Waals surface area (Å²) in [5, 5.41) is 3.99. The molecule has 0 aliphatic carbocycles. The minimum Gasteiger partial charge on any atom is -0.459 e. The van der Waals surface area contributed by atoms with Gasteiger partial charge in [0, 0.05) is 22.8 Å². The van der Waals surface area contributed by atoms with Gasteiger partial charge in [0.25, 0.3) is 0 Å². The molecule has 0 spiro atoms. The number of halogens is 1. The fourth-order valence-electron chi connectivity index (χ4n) is 3.40. The number of furan rings is 1. The molecule has 1 aliphatic heterocycles. The Kier molecular flexibility index (Phi) is 4.74. The van der Waals surface area contributed by atoms with Crippen molar-refractivity contribution in [2.24, 2.45) is 5.92 Å². The molecule has 138 valence electrons. The summed E-state index contributed by atoms with van der Waals surface area (Å²) in [6.07, 6.45) is 0.208. The van der Waals surface area contributed by atoms with Crippen LogP contribution in [0, 0.1) is 5.92 Å². The Balaban J connectivity index is 1.45. The van der Waals surface area contributed by atoms with Crippen LogP contribution in [0.5, 0.6) is 0 Å². The van der Waals surface area contributed by atoms with Crippen molar-refractivity contribution in [1.82, 2.24) is 5.32 Å². The molecule has 5 nitrogen and oxygen atoms in total. The van der Waals surface area contributed by atoms with Crippen molar-refractivity contribution >= 4 is 44.4 Å². The topological polar surface area (TPSA) is 62.6 Å². The quantitative estimate of drug-likeness (QED) is 0.671. The van der Waals surface area contributed by atoms with Crippen molar-refractivity contribution < 1.29 is 14.0 Å². The van der Waals surface area contributed by atoms with E-state index < -0.39 is 0 Å². The Morgan fingerprint density at radius 3 is 2.74 bits per heavy atom. The van der Waals surface area contributed by atoms with E-state index >= 15 is 0 Å². The molecular formula is C21H19BrN2O3. The summed E-state index contributed by atoms with van der Waals surface area (Å²) in [5.74, 6) is 0.150. The first-order valence-corrected chi connectivity index (χ1v) is 9.66. The lowest BCUT2D eigenvalue weighted by Gasteiger charge is -2.19. The van der Waals surface area contributed by atoms with Gasteiger partial charge in [-0.1, -0.05) is 30.3 Å². The lowest BCUT2D eigenvalue weighted by atomic mass is 10.1. The van der Waals surface area contributed by atoms with E-state index in [0.717, 1.165) is 21.1 Å². The van der Waals surface area contributed by atoms with E-state index in [0.29, 0.717) is 12.3 Å². The van der Waals surface area contributed by atoms with Crippen LogP contribution in [0.1, 0.15) is 25.1 Å². The van der Waals surface area contributed by atoms with Gasteiger partial charge in [0.05, 0.1) is 17.6 Å². The zero-order valence-corrected chi connectivity index (χ0v) is 16.4. The highest BCUT2D eigenvalue weighted by atomic mass is 79.9. The third kappa shape index (κ3) is 3.49. The SMILES string of the molecule is CC(NC(=O)C1CC(=O)N(c2ccccc2Br)C1)c1cc2ccccc2o1. The molecule has 4 rings (SSSR count). The van der Waals surface area contributed by atoms with Crippen LogP contribution in [0.3, 0.4) is 0 Å². The fraction of sp³-hybridized carbons (Fsp3) is 0.238. The second-order valence-corrected chi connectivity index (χ2v) is 7.63. The third-order valence-electron chi connectivity index (χ3n) is 4.87. The van der Waals surface area contributed by atoms with Crippen LogP contribution in [-0.2, 0) is 9.59 Å². The number of amides is 2. The van der Waals surface area contributed by atoms with Gasteiger partial charge in [0.2, 0.25) is 11.8 Å². The van der Waals surface area contributed by atoms with E-state index in [1.807, 2.05) is 61.5 Å². The Bertz CT molecular complexity index is 980. The smallest absolute Gasteiger partial charge is 0.227 e. The molecular weight excluding hydrogens is 408 g/mol. The second kappa shape index (κ2) is 7.19. The summed E-state index contributed by atoms with van der Waals surface area (Å²) >= 11 is 3.47. The summed E-state index contributed by atoms with van der Waals surface area (Å²) in [4.78, 5) is 26.8. The largest absolute Gasteiger partial charge is 0.459 e. The average molecular weight is 427 g/mol. The molecule has 2 heterocycles. The minimum atomic E-state index is -0.378. The maximum Gasteiger partial charge on any atom is 0.227 e. The Morgan fingerprint density at radius 1 is 1.22 bits per heavy atom. The average Bonchev–Trinajstić information content (AvgIpc) is 3.26. The Hall–Kier alpha value is -2.60. The standard InChI is InChI=1S/C21H19BrN2O3/c1-13(19-10-14-6-2-5-9-18(14)27-19)23-21(26)15-11-20(25)24(12-15)17-8-4-3-7-16(17)22/h2-10,13,15H,11-12H2,1H3,(H,23,26). The zero-order valence-electron chi connectivity index (χ0n) is 14.8. The van der Waals surface area contributed by atoms with E-state index in [4.69, 9.17) is 4.42 Å². The zero-order chi connectivity index (χ0) is 19.0. The number of anilines is 1. The Labute approximate surface area is 165 Å². The normalized spacial score (nSPS) is 18.1. The maximum absolute atomic E-state index is 12.7. The summed E-state index contributed by atoms with van der Waals surface area (Å²) in [6.45, 7) is 2.26. The van der Waals surface area contributed by atoms with Crippen molar-refractivity contribution in [1.29, 1.82) is 0 Å². The molecule has 0 radical (unpaired) electrons. The van der Waals surface area contributed by atoms with Crippen molar-refractivity contribution in [3.8, 4) is 0 Å². The van der Waals surface area contributed by atoms with Gasteiger partial charge in [-0.2, -0.15) is 0 Å². The molecule has 2 unspecified atom stereocenters. The molecule has 2 atom stereocenters. The number of nitrogens with zero attached hydrogens (tertiary/aromatic N) is 1. The summed E-state index contributed by atoms with van der Waals surface area (Å²) in [5.41, 5.74) is 1.59. The predicted molar refractivity (Wildman–Crippen MR) is 107 cm³/mol. The number of rotatable bonds is 4. The molecule has 1 saturated heterocycles. The molecule has 27 heavy (non-hydrogen) atoms. The first-order chi connectivity index (χ1) is 13.0. The van der Waals surface area contributed by atoms with Gasteiger partial charge >= 0.3 is 0 Å². The van der Waals surface area contributed by atoms with Gasteiger partial charge in [-0.15, -0.1) is 0 Å². The van der Waals surface area contributed by atoms with Crippen molar-refractivity contribution in [3.63, 3.8) is 0 Å². The molecule has 2 amide bonds. The van der Waals surface area contributed by atoms with Gasteiger partial charge in [-0.3, -0.25) is 9.59 Å². The number of benzene rings is 2. The van der Waals surface area contributed by atoms with E-state index in [1.54, 1.807) is 4.90 Å². The monoisotopic (exact) mass is 426 g/mol. The van der Waals surface area contributed by atoms with Crippen LogP contribution in [0.4, 0.5) is 5.69 Å². The van der Waals surface area contributed by atoms with Crippen LogP contribution in [-0.4, -0.2) is 18.4 Å². The lowest BCUT2D eigenvalue weighted by Crippen LogP contribution is -2.34. The number of carbonyl (C=O) groups is 2. The van der Waals surface area contributed by atoms with E-state index in [1.165, 1.54) is 0 Å². The lowest BCUT2D eigenvalue weighted by molar-refractivity contribution is -0.127. The highest BCUT2D eigenvalue weighted by molar-refractivity contribution is 9.10. The third-order valence-corrected chi connectivity index (χ3v) is 5.54. The fourth-order valence-corrected chi connectivity index (χ4v) is 3.90. The van der Waals surface area contributed by atoms with Crippen molar-refractivity contribution in [2.75, 3.05) is 11.4 Å². The van der Waals surface area contributed by atoms with Crippen molar-refractivity contribution in [3.05, 3.63) is 64.8 Å². The minimum absolute atomic E-state index is 0.0431. The van der Waals surface area contributed by atoms with E-state index in [-0.39, 0.29) is 30.2 Å². The van der Waals surface area contributed by atoms with Crippen molar-refractivity contribution in [2.45, 2.75) is 19.4 Å². The molecule has 2 aromatic carbocycles. The van der Waals surface area contributed by atoms with Crippen LogP contribution in [0.25, 0.3) is 11.0 Å². The molecule has 1 N–H and O–H groups in total. The molecule has 3 aromatic rings. The van der Waals surface area contributed by atoms with Crippen LogP contribution >= 0.6 is 15.9 Å². The van der Waals surface area contributed by atoms with Crippen LogP contribution in [0.2, 0.25) is 0 Å². The molecule has 1 aliphatic rings. The highest BCUT2D eigenvalue weighted by Crippen LogP contribution is 2.32. The second-order valence-electron chi connectivity index (χ2n) is 6.77. The van der Waals surface area contributed by atoms with E-state index in [2.05, 4.69) is 21.2 Å². The van der Waals surface area contributed by atoms with Crippen LogP contribution < -0.4 is 10.2 Å². The van der Waals surface area contributed by atoms with Gasteiger partial charge in [0.15, 0.2) is 0 Å². The number of fused-ring (bicyclic) bond motifs is 1. The number of hydrogen-bond donors (Lipinski definition) is 1. The first-order valence-electron chi connectivity index (χ1n) is 8.86. The number of para-hydroxylation sites is 2. The van der Waals surface area contributed by atoms with Gasteiger partial charge < -0.3 is 14.6 Å². The van der Waals surface area contributed by atoms with Gasteiger partial charge in [-0.25, -0.2) is 0 Å². The summed E-state index contributed by atoms with van der Waals surface area (Å²) < 4.78 is 6.67. The van der Waals surface area contributed by atoms with Gasteiger partial charge in [0.1, 0.15) is 11.3 Å². The number of hydrogen-bond acceptors (Lipinski definition) is 3. The molecule has 0 bridgehead atoms.